The second kappa shape index (κ2) is 13.8. The maximum Gasteiger partial charge on any atom is 0.404 e. The molecule has 1 unspecified atom stereocenters. The van der Waals surface area contributed by atoms with Crippen LogP contribution in [-0.4, -0.2) is 81.2 Å². The third kappa shape index (κ3) is 6.90. The first-order valence-corrected chi connectivity index (χ1v) is 13.9. The van der Waals surface area contributed by atoms with Crippen molar-refractivity contribution >= 4 is 63.8 Å². The summed E-state index contributed by atoms with van der Waals surface area (Å²) < 4.78 is 14.9. The Morgan fingerprint density at radius 3 is 2.60 bits per heavy atom. The zero-order valence-electron chi connectivity index (χ0n) is 21.5. The van der Waals surface area contributed by atoms with Gasteiger partial charge in [-0.15, -0.1) is 23.1 Å². The van der Waals surface area contributed by atoms with Gasteiger partial charge in [-0.3, -0.25) is 19.3 Å². The number of nitrogens with one attached hydrogen (secondary N) is 1. The van der Waals surface area contributed by atoms with Gasteiger partial charge >= 0.3 is 18.0 Å². The molecule has 2 aliphatic rings. The number of hydrogen-bond acceptors (Lipinski definition) is 14. The fourth-order valence-corrected chi connectivity index (χ4v) is 5.72. The van der Waals surface area contributed by atoms with Crippen LogP contribution in [0.4, 0.5) is 9.93 Å². The van der Waals surface area contributed by atoms with Crippen molar-refractivity contribution in [2.75, 3.05) is 24.9 Å². The van der Waals surface area contributed by atoms with E-state index in [1.54, 1.807) is 0 Å². The molecule has 1 fully saturated rings. The predicted molar refractivity (Wildman–Crippen MR) is 143 cm³/mol. The van der Waals surface area contributed by atoms with E-state index in [4.69, 9.17) is 20.9 Å². The van der Waals surface area contributed by atoms with Crippen LogP contribution in [0.3, 0.4) is 0 Å². The van der Waals surface area contributed by atoms with Gasteiger partial charge in [0.2, 0.25) is 6.79 Å². The van der Waals surface area contributed by atoms with Crippen molar-refractivity contribution < 1.29 is 43.4 Å². The predicted octanol–water partition coefficient (Wildman–Crippen LogP) is 0.689. The fourth-order valence-electron chi connectivity index (χ4n) is 3.85. The number of primary amides is 1. The highest BCUT2D eigenvalue weighted by Gasteiger charge is 2.54. The number of rotatable bonds is 12. The molecule has 3 amide bonds. The Morgan fingerprint density at radius 1 is 1.27 bits per heavy atom. The Kier molecular flexibility index (Phi) is 10.5. The number of oxime groups is 1. The number of β-lactam (4-membered cyclic amide) rings is 1. The second-order valence-electron chi connectivity index (χ2n) is 8.31. The number of hydrogen-bond donors (Lipinski definition) is 4. The molecule has 0 bridgehead atoms. The molecule has 3 rings (SSSR count). The summed E-state index contributed by atoms with van der Waals surface area (Å²) >= 11 is 2.27. The van der Waals surface area contributed by atoms with E-state index >= 15 is 0 Å². The van der Waals surface area contributed by atoms with Gasteiger partial charge in [-0.25, -0.2) is 14.6 Å². The fraction of sp³-hybridized carbons (Fsp3) is 0.435. The van der Waals surface area contributed by atoms with Crippen LogP contribution in [0.15, 0.2) is 34.0 Å². The summed E-state index contributed by atoms with van der Waals surface area (Å²) in [7, 11) is 0. The number of nitrogens with two attached hydrogens (primary N) is 2. The van der Waals surface area contributed by atoms with Crippen LogP contribution in [0.1, 0.15) is 32.4 Å². The summed E-state index contributed by atoms with van der Waals surface area (Å²) in [4.78, 5) is 67.0. The van der Waals surface area contributed by atoms with E-state index < -0.39 is 53.8 Å². The Labute approximate surface area is 236 Å². The van der Waals surface area contributed by atoms with Gasteiger partial charge in [0.15, 0.2) is 10.8 Å². The summed E-state index contributed by atoms with van der Waals surface area (Å²) in [5, 5.41) is 15.7. The zero-order chi connectivity index (χ0) is 29.4. The highest BCUT2D eigenvalue weighted by molar-refractivity contribution is 8.00. The van der Waals surface area contributed by atoms with E-state index in [1.165, 1.54) is 29.3 Å². The Hall–Kier alpha value is -4.12. The third-order valence-corrected chi connectivity index (χ3v) is 7.88. The van der Waals surface area contributed by atoms with Crippen molar-refractivity contribution in [2.45, 2.75) is 38.1 Å². The molecule has 0 aliphatic carbocycles. The van der Waals surface area contributed by atoms with E-state index in [0.717, 1.165) is 16.2 Å². The minimum Gasteiger partial charge on any atom is -0.445 e. The number of carbonyl (C=O) groups excluding carboxylic acids is 5. The standard InChI is InChI=1S/C23H28N6O9S2/c1-3-11(4-2)20(32)37-10-38-21(33)16-12(6-5-7-36-23(25)34)8-39-19-15(18(31)29(16)19)27-17(30)14(28-35)13-9-40-22(24)26-13/h5-6,9,11,15,19,35H,3-4,7-8,10H2,1-2H3,(H2,24,26)(H2,25,34)(H,27,30)/b6-5-,28-14-/t15?,19-/m0/s1. The average molecular weight is 597 g/mol. The summed E-state index contributed by atoms with van der Waals surface area (Å²) in [5.41, 5.74) is 10.4. The number of nitrogens with zero attached hydrogens (tertiary/aromatic N) is 3. The number of amides is 3. The smallest absolute Gasteiger partial charge is 0.404 e. The molecule has 2 atom stereocenters. The molecular weight excluding hydrogens is 568 g/mol. The number of esters is 2. The first-order valence-electron chi connectivity index (χ1n) is 12.0. The molecule has 17 heteroatoms. The van der Waals surface area contributed by atoms with Crippen LogP contribution in [0.2, 0.25) is 0 Å². The van der Waals surface area contributed by atoms with Crippen molar-refractivity contribution in [2.24, 2.45) is 16.8 Å². The first-order chi connectivity index (χ1) is 19.1. The van der Waals surface area contributed by atoms with Crippen molar-refractivity contribution in [1.82, 2.24) is 15.2 Å². The quantitative estimate of drug-likeness (QED) is 0.0653. The van der Waals surface area contributed by atoms with Crippen LogP contribution in [0, 0.1) is 5.92 Å². The minimum atomic E-state index is -1.07. The lowest BCUT2D eigenvalue weighted by Crippen LogP contribution is -2.71. The van der Waals surface area contributed by atoms with E-state index in [2.05, 4.69) is 20.2 Å². The van der Waals surface area contributed by atoms with Crippen molar-refractivity contribution in [3.63, 3.8) is 0 Å². The number of aromatic nitrogens is 1. The van der Waals surface area contributed by atoms with Crippen LogP contribution < -0.4 is 16.8 Å². The molecule has 40 heavy (non-hydrogen) atoms. The number of anilines is 1. The lowest BCUT2D eigenvalue weighted by atomic mass is 10.0. The van der Waals surface area contributed by atoms with Gasteiger partial charge in [0, 0.05) is 11.1 Å². The molecular formula is C23H28N6O9S2. The van der Waals surface area contributed by atoms with Gasteiger partial charge in [0.1, 0.15) is 29.4 Å². The lowest BCUT2D eigenvalue weighted by Gasteiger charge is -2.49. The molecule has 1 saturated heterocycles. The van der Waals surface area contributed by atoms with Crippen molar-refractivity contribution in [3.8, 4) is 0 Å². The summed E-state index contributed by atoms with van der Waals surface area (Å²) in [5.74, 6) is -3.10. The van der Waals surface area contributed by atoms with Crippen molar-refractivity contribution in [3.05, 3.63) is 34.5 Å². The maximum absolute atomic E-state index is 13.1. The summed E-state index contributed by atoms with van der Waals surface area (Å²) in [6.07, 6.45) is 3.03. The zero-order valence-corrected chi connectivity index (χ0v) is 23.2. The van der Waals surface area contributed by atoms with Gasteiger partial charge in [0.25, 0.3) is 11.8 Å². The number of ether oxygens (including phenoxy) is 3. The Bertz CT molecular complexity index is 1260. The van der Waals surface area contributed by atoms with Gasteiger partial charge in [-0.05, 0) is 24.5 Å². The van der Waals surface area contributed by atoms with E-state index in [9.17, 15) is 29.2 Å². The maximum atomic E-state index is 13.1. The number of carbonyl (C=O) groups is 5. The Morgan fingerprint density at radius 2 is 2.00 bits per heavy atom. The molecule has 2 aliphatic heterocycles. The normalized spacial score (nSPS) is 18.8. The molecule has 1 aromatic rings. The van der Waals surface area contributed by atoms with Gasteiger partial charge in [-0.1, -0.05) is 25.1 Å². The number of fused-ring (bicyclic) bond motifs is 1. The van der Waals surface area contributed by atoms with E-state index in [-0.39, 0.29) is 34.8 Å². The molecule has 216 valence electrons. The van der Waals surface area contributed by atoms with Crippen LogP contribution in [0.5, 0.6) is 0 Å². The lowest BCUT2D eigenvalue weighted by molar-refractivity contribution is -0.170. The number of allylic oxidation sites excluding steroid dienone is 1. The van der Waals surface area contributed by atoms with Crippen LogP contribution in [-0.2, 0) is 33.4 Å². The number of thiazole rings is 1. The second-order valence-corrected chi connectivity index (χ2v) is 10.3. The number of nitrogen functional groups attached to an aromatic ring is 1. The van der Waals surface area contributed by atoms with Gasteiger partial charge in [0.05, 0.1) is 5.92 Å². The molecule has 15 nitrogen and oxygen atoms in total. The molecule has 6 N–H and O–H groups in total. The van der Waals surface area contributed by atoms with E-state index in [0.29, 0.717) is 18.4 Å². The molecule has 0 spiro atoms. The highest BCUT2D eigenvalue weighted by Crippen LogP contribution is 2.41. The number of thioether (sulfide) groups is 1. The molecule has 3 heterocycles. The van der Waals surface area contributed by atoms with Gasteiger partial charge in [-0.2, -0.15) is 0 Å². The SMILES string of the molecule is CCC(CC)C(=O)OCOC(=O)C1=C(/C=C\COC(N)=O)CS[C@H]2C(NC(=O)/C(=N\O)c3csc(N)n3)C(=O)N12. The minimum absolute atomic E-state index is 0.0279. The Balaban J connectivity index is 1.76. The monoisotopic (exact) mass is 596 g/mol. The van der Waals surface area contributed by atoms with Crippen LogP contribution in [0.25, 0.3) is 0 Å². The average Bonchev–Trinajstić information content (AvgIpc) is 3.35. The molecule has 0 saturated carbocycles. The highest BCUT2D eigenvalue weighted by atomic mass is 32.2. The largest absolute Gasteiger partial charge is 0.445 e. The van der Waals surface area contributed by atoms with Crippen molar-refractivity contribution in [1.29, 1.82) is 0 Å². The van der Waals surface area contributed by atoms with Crippen LogP contribution >= 0.6 is 23.1 Å². The third-order valence-electron chi connectivity index (χ3n) is 5.91. The summed E-state index contributed by atoms with van der Waals surface area (Å²) in [6, 6.07) is -1.07. The molecule has 1 aromatic heterocycles. The summed E-state index contributed by atoms with van der Waals surface area (Å²) in [6.45, 7) is 2.82. The molecule has 0 aromatic carbocycles. The van der Waals surface area contributed by atoms with E-state index in [1.807, 2.05) is 13.8 Å². The topological polar surface area (TPSA) is 226 Å². The first kappa shape index (κ1) is 30.4. The van der Waals surface area contributed by atoms with Gasteiger partial charge < -0.3 is 36.2 Å². The molecule has 0 radical (unpaired) electrons.